The first kappa shape index (κ1) is 56.1. The van der Waals surface area contributed by atoms with Crippen LogP contribution in [0.4, 0.5) is 0 Å². The molecule has 0 aliphatic rings. The monoisotopic (exact) mass is 372 g/mol. The summed E-state index contributed by atoms with van der Waals surface area (Å²) in [6.07, 6.45) is 0. The summed E-state index contributed by atoms with van der Waals surface area (Å²) in [5.74, 6) is 0. The van der Waals surface area contributed by atoms with Gasteiger partial charge < -0.3 is 30.6 Å². The van der Waals surface area contributed by atoms with Crippen molar-refractivity contribution in [3.8, 4) is 0 Å². The second kappa shape index (κ2) is 709. The molecular formula is C6H18BaO6Ti. The summed E-state index contributed by atoms with van der Waals surface area (Å²) >= 11 is 0. The minimum atomic E-state index is 0. The Morgan fingerprint density at radius 3 is 0.357 bits per heavy atom. The fraction of sp³-hybridized carbons (Fsp3) is 1.00. The standard InChI is InChI=1S/6CH3O.Ba.Ti/c6*1-2;;/h6*1H3;;/q6*-1;+2;+4. The van der Waals surface area contributed by atoms with Gasteiger partial charge in [0, 0.05) is 0 Å². The molecule has 0 aliphatic heterocycles. The van der Waals surface area contributed by atoms with Crippen molar-refractivity contribution >= 4 is 48.9 Å². The van der Waals surface area contributed by atoms with Crippen molar-refractivity contribution < 1.29 is 52.4 Å². The number of rotatable bonds is 0. The van der Waals surface area contributed by atoms with Crippen LogP contribution in [0.3, 0.4) is 0 Å². The molecule has 0 heterocycles. The minimum Gasteiger partial charge on any atom is -0.857 e. The van der Waals surface area contributed by atoms with E-state index in [1.165, 1.54) is 0 Å². The molecule has 0 aromatic heterocycles. The van der Waals surface area contributed by atoms with E-state index < -0.39 is 0 Å². The Morgan fingerprint density at radius 2 is 0.357 bits per heavy atom. The molecule has 0 aliphatic carbocycles. The van der Waals surface area contributed by atoms with Gasteiger partial charge in [-0.2, -0.15) is 42.7 Å². The van der Waals surface area contributed by atoms with Gasteiger partial charge in [0.1, 0.15) is 0 Å². The van der Waals surface area contributed by atoms with E-state index in [1.807, 2.05) is 0 Å². The molecule has 8 heteroatoms. The molecule has 0 radical (unpaired) electrons. The van der Waals surface area contributed by atoms with Gasteiger partial charge in [-0.3, -0.25) is 0 Å². The van der Waals surface area contributed by atoms with Gasteiger partial charge in [0.25, 0.3) is 0 Å². The van der Waals surface area contributed by atoms with E-state index >= 15 is 0 Å². The Morgan fingerprint density at radius 1 is 0.357 bits per heavy atom. The van der Waals surface area contributed by atoms with Crippen LogP contribution in [0, 0.1) is 0 Å². The smallest absolute Gasteiger partial charge is 0.857 e. The van der Waals surface area contributed by atoms with Crippen LogP contribution < -0.4 is 30.6 Å². The summed E-state index contributed by atoms with van der Waals surface area (Å²) in [6, 6.07) is 0. The third-order valence-electron chi connectivity index (χ3n) is 0. The molecule has 0 aromatic rings. The van der Waals surface area contributed by atoms with Gasteiger partial charge in [-0.05, 0) is 0 Å². The number of hydrogen-bond donors (Lipinski definition) is 0. The average Bonchev–Trinajstić information content (AvgIpc) is 2.33. The summed E-state index contributed by atoms with van der Waals surface area (Å²) in [6.45, 7) is 0. The summed E-state index contributed by atoms with van der Waals surface area (Å²) < 4.78 is 0. The van der Waals surface area contributed by atoms with Crippen LogP contribution in [-0.2, 0) is 21.7 Å². The third-order valence-corrected chi connectivity index (χ3v) is 0. The van der Waals surface area contributed by atoms with E-state index in [9.17, 15) is 0 Å². The quantitative estimate of drug-likeness (QED) is 0.388. The van der Waals surface area contributed by atoms with Crippen molar-refractivity contribution in [1.29, 1.82) is 0 Å². The maximum absolute atomic E-state index is 8.25. The molecule has 0 saturated heterocycles. The summed E-state index contributed by atoms with van der Waals surface area (Å²) in [5.41, 5.74) is 0. The predicted octanol–water partition coefficient (Wildman–Crippen LogP) is -6.52. The van der Waals surface area contributed by atoms with Crippen molar-refractivity contribution in [3.05, 3.63) is 0 Å². The zero-order chi connectivity index (χ0) is 12.0. The van der Waals surface area contributed by atoms with Crippen LogP contribution in [0.25, 0.3) is 0 Å². The zero-order valence-corrected chi connectivity index (χ0v) is 15.7. The Balaban J connectivity index is -0.00000000500. The van der Waals surface area contributed by atoms with Crippen LogP contribution in [-0.4, -0.2) is 91.5 Å². The van der Waals surface area contributed by atoms with E-state index in [2.05, 4.69) is 0 Å². The largest absolute Gasteiger partial charge is 4.00 e. The Labute approximate surface area is 142 Å². The van der Waals surface area contributed by atoms with Crippen LogP contribution in [0.2, 0.25) is 0 Å². The van der Waals surface area contributed by atoms with E-state index in [4.69, 9.17) is 30.6 Å². The van der Waals surface area contributed by atoms with Crippen molar-refractivity contribution in [2.75, 3.05) is 42.7 Å². The molecular weight excluding hydrogens is 353 g/mol. The molecule has 6 nitrogen and oxygen atoms in total. The van der Waals surface area contributed by atoms with Crippen molar-refractivity contribution in [3.63, 3.8) is 0 Å². The molecule has 0 fully saturated rings. The molecule has 0 unspecified atom stereocenters. The first-order valence-electron chi connectivity index (χ1n) is 2.45. The van der Waals surface area contributed by atoms with Gasteiger partial charge in [0.15, 0.2) is 0 Å². The normalized spacial score (nSPS) is 2.57. The Hall–Kier alpha value is 2.05. The fourth-order valence-electron chi connectivity index (χ4n) is 0. The molecule has 0 atom stereocenters. The molecule has 0 spiro atoms. The van der Waals surface area contributed by atoms with Crippen molar-refractivity contribution in [2.24, 2.45) is 0 Å². The third kappa shape index (κ3) is 571. The van der Waals surface area contributed by atoms with Gasteiger partial charge in [-0.1, -0.05) is 0 Å². The van der Waals surface area contributed by atoms with Crippen LogP contribution in [0.15, 0.2) is 0 Å². The second-order valence-corrected chi connectivity index (χ2v) is 0. The first-order chi connectivity index (χ1) is 6.00. The molecule has 84 valence electrons. The molecule has 0 aromatic carbocycles. The van der Waals surface area contributed by atoms with E-state index in [0.29, 0.717) is 0 Å². The van der Waals surface area contributed by atoms with Crippen molar-refractivity contribution in [1.82, 2.24) is 0 Å². The predicted molar refractivity (Wildman–Crippen MR) is 41.3 cm³/mol. The molecule has 0 amide bonds. The van der Waals surface area contributed by atoms with E-state index in [0.717, 1.165) is 42.7 Å². The SMILES string of the molecule is C[O-].C[O-].C[O-].C[O-].C[O-].C[O-].[Ba+2].[Ti+4]. The Bertz CT molecular complexity index is 22.3. The van der Waals surface area contributed by atoms with Gasteiger partial charge in [-0.15, -0.1) is 0 Å². The maximum Gasteiger partial charge on any atom is 4.00 e. The summed E-state index contributed by atoms with van der Waals surface area (Å²) in [4.78, 5) is 0. The topological polar surface area (TPSA) is 138 Å². The zero-order valence-electron chi connectivity index (χ0n) is 9.66. The molecule has 0 N–H and O–H groups in total. The van der Waals surface area contributed by atoms with Crippen LogP contribution in [0.5, 0.6) is 0 Å². The second-order valence-electron chi connectivity index (χ2n) is 0. The number of hydrogen-bond acceptors (Lipinski definition) is 6. The molecule has 14 heavy (non-hydrogen) atoms. The molecule has 0 bridgehead atoms. The summed E-state index contributed by atoms with van der Waals surface area (Å²) in [7, 11) is 4.50. The first-order valence-corrected chi connectivity index (χ1v) is 2.45. The fourth-order valence-corrected chi connectivity index (χ4v) is 0. The maximum atomic E-state index is 8.25. The van der Waals surface area contributed by atoms with E-state index in [1.54, 1.807) is 0 Å². The molecule has 0 rings (SSSR count). The van der Waals surface area contributed by atoms with Crippen molar-refractivity contribution in [2.45, 2.75) is 0 Å². The van der Waals surface area contributed by atoms with Gasteiger partial charge >= 0.3 is 70.6 Å². The molecule has 0 saturated carbocycles. The van der Waals surface area contributed by atoms with Crippen LogP contribution >= 0.6 is 0 Å². The Kier molecular flexibility index (Phi) is 2840. The van der Waals surface area contributed by atoms with Crippen LogP contribution in [0.1, 0.15) is 0 Å². The van der Waals surface area contributed by atoms with Gasteiger partial charge in [0.2, 0.25) is 0 Å². The van der Waals surface area contributed by atoms with Gasteiger partial charge in [0.05, 0.1) is 0 Å². The van der Waals surface area contributed by atoms with E-state index in [-0.39, 0.29) is 70.6 Å². The minimum absolute atomic E-state index is 0. The average molecular weight is 371 g/mol. The van der Waals surface area contributed by atoms with Gasteiger partial charge in [-0.25, -0.2) is 0 Å². The summed E-state index contributed by atoms with van der Waals surface area (Å²) in [5, 5.41) is 49.5.